The predicted molar refractivity (Wildman–Crippen MR) is 486 cm³/mol. The number of rotatable bonds is 80. The van der Waals surface area contributed by atoms with Crippen LogP contribution in [-0.2, 0) is 219 Å². The van der Waals surface area contributed by atoms with E-state index in [0.717, 1.165) is 17.8 Å². The summed E-state index contributed by atoms with van der Waals surface area (Å²) in [5.74, 6) is -6.31. The predicted octanol–water partition coefficient (Wildman–Crippen LogP) is 0.441. The summed E-state index contributed by atoms with van der Waals surface area (Å²) in [5.41, 5.74) is 0.867. The van der Waals surface area contributed by atoms with Gasteiger partial charge in [0.25, 0.3) is 0 Å². The van der Waals surface area contributed by atoms with Gasteiger partial charge in [0.2, 0.25) is 0 Å². The number of carbonyl (C=O) groups is 12. The molecule has 1 aromatic carbocycles. The van der Waals surface area contributed by atoms with E-state index in [2.05, 4.69) is 41.8 Å². The third kappa shape index (κ3) is 148. The minimum Gasteiger partial charge on any atom is -0.480 e. The van der Waals surface area contributed by atoms with Gasteiger partial charge in [-0.1, -0.05) is 29.8 Å². The van der Waals surface area contributed by atoms with E-state index < -0.39 is 92.1 Å². The van der Waals surface area contributed by atoms with Crippen molar-refractivity contribution in [1.82, 2.24) is 4.90 Å². The van der Waals surface area contributed by atoms with E-state index in [-0.39, 0.29) is 136 Å². The Labute approximate surface area is 823 Å². The molecule has 0 spiro atoms. The number of carbonyl (C=O) groups excluding carboxylic acids is 10. The molecule has 0 unspecified atom stereocenters. The second kappa shape index (κ2) is 100. The van der Waals surface area contributed by atoms with Crippen LogP contribution in [0.2, 0.25) is 0 Å². The number of aryl methyl sites for hydroxylation is 1. The van der Waals surface area contributed by atoms with Gasteiger partial charge in [0.15, 0.2) is 0 Å². The molecule has 12 N–H and O–H groups in total. The molecule has 142 heavy (non-hydrogen) atoms. The Bertz CT molecular complexity index is 3550. The largest absolute Gasteiger partial charge is 0.480 e. The van der Waals surface area contributed by atoms with Crippen molar-refractivity contribution in [1.29, 1.82) is 0 Å². The number of carboxylic acids is 2. The van der Waals surface area contributed by atoms with Gasteiger partial charge in [-0.05, 0) is 40.2 Å². The summed E-state index contributed by atoms with van der Waals surface area (Å²) in [6.45, 7) is 28.0. The van der Waals surface area contributed by atoms with Crippen molar-refractivity contribution in [2.24, 2.45) is 5.41 Å². The second-order valence-corrected chi connectivity index (χ2v) is 33.9. The molecule has 0 aliphatic rings. The van der Waals surface area contributed by atoms with Crippen molar-refractivity contribution < 1.29 is 271 Å². The Morgan fingerprint density at radius 1 is 0.275 bits per heavy atom. The lowest BCUT2D eigenvalue weighted by atomic mass is 9.89. The Morgan fingerprint density at radius 2 is 0.444 bits per heavy atom. The molecule has 0 saturated heterocycles. The van der Waals surface area contributed by atoms with E-state index in [1.165, 1.54) is 74.1 Å². The lowest BCUT2D eigenvalue weighted by Crippen LogP contribution is -2.34. The molecule has 0 aliphatic carbocycles. The molecule has 0 heterocycles. The molecule has 63 heteroatoms. The molecule has 836 valence electrons. The van der Waals surface area contributed by atoms with E-state index in [1.807, 2.05) is 31.2 Å². The summed E-state index contributed by atoms with van der Waals surface area (Å²) in [7, 11) is -21.3. The zero-order valence-corrected chi connectivity index (χ0v) is 86.6. The number of hydrogen-bond donors (Lipinski definition) is 12. The summed E-state index contributed by atoms with van der Waals surface area (Å²) in [5, 5.41) is 17.4. The maximum atomic E-state index is 11.4. The zero-order valence-electron chi connectivity index (χ0n) is 82.2. The van der Waals surface area contributed by atoms with Crippen LogP contribution in [0.1, 0.15) is 86.8 Å². The number of hydrogen-bond acceptors (Lipinski definition) is 46. The van der Waals surface area contributed by atoms with E-state index in [9.17, 15) is 80.4 Å². The van der Waals surface area contributed by atoms with Gasteiger partial charge in [-0.25, -0.2) is 18.3 Å². The van der Waals surface area contributed by atoms with Crippen LogP contribution >= 0.6 is 38.9 Å². The first kappa shape index (κ1) is 148. The first-order chi connectivity index (χ1) is 66.4. The molecule has 0 aliphatic heterocycles. The fourth-order valence-corrected chi connectivity index (χ4v) is 8.88. The molecule has 0 radical (unpaired) electrons. The highest BCUT2D eigenvalue weighted by atomic mass is 31.2. The third-order valence-corrected chi connectivity index (χ3v) is 15.9. The summed E-state index contributed by atoms with van der Waals surface area (Å²) in [6.07, 6.45) is -0.236. The molecule has 0 fully saturated rings. The van der Waals surface area contributed by atoms with Crippen molar-refractivity contribution in [3.8, 4) is 0 Å². The highest BCUT2D eigenvalue weighted by Crippen LogP contribution is 2.37. The maximum Gasteiger partial charge on any atom is 0.469 e. The van der Waals surface area contributed by atoms with Gasteiger partial charge in [-0.15, -0.1) is 0 Å². The molecule has 0 bridgehead atoms. The van der Waals surface area contributed by atoms with Gasteiger partial charge in [-0.2, -0.15) is 0 Å². The minimum atomic E-state index is -4.43. The van der Waals surface area contributed by atoms with E-state index in [0.29, 0.717) is 205 Å². The Balaban J connectivity index is -0.000000313. The zero-order chi connectivity index (χ0) is 109. The van der Waals surface area contributed by atoms with Gasteiger partial charge >= 0.3 is 98.6 Å². The van der Waals surface area contributed by atoms with Crippen LogP contribution in [0.15, 0.2) is 24.3 Å². The van der Waals surface area contributed by atoms with Crippen molar-refractivity contribution in [2.45, 2.75) is 89.1 Å². The quantitative estimate of drug-likeness (QED) is 0.0138. The standard InChI is InChI=1S/C22H45O15P.C18H37O13P.C12H15NO4.C10H16O5.C8H12O5.2C4H9O6P.CH5O3P/c1-22(23)36-20-18-34-16-14-32-12-10-30-8-6-28-4-2-27-3-5-29-7-9-31-11-13-33-15-17-35-19-21-37-38(24,25)26;1-18(19)30-16-14-28-12-10-26-8-6-24-4-2-23-3-5-25-7-9-27-11-13-29-15-17-31-32(20,21)22;1-9-2-4-10(5-3-9)6-13(7-11(14)15)8-12(16)17;1-7(11)10(3,4)9(13)15-6-5-14-8(2)12;1-6(9)5-8(11)13-4-3-12-7(2)10;2*1-4(5)9-2-3-10-11(6,7)8;1-5(2,3)4/h2-21H2,1H3,(H2,24,25,26);2-17H2,1H3,(H2,20,21,22);2-5H,6-8H2,1H3,(H,14,15)(H,16,17);5-6H2,1-4H3;3-5H2,1-2H3;2*2-3H2,1H3,(H2,6,7,8);1H3,(H2,2,3,4). The average Bonchev–Trinajstić information content (AvgIpc) is 0.861. The van der Waals surface area contributed by atoms with Gasteiger partial charge in [0, 0.05) is 54.8 Å². The third-order valence-electron chi connectivity index (χ3n) is 13.8. The molecule has 0 aromatic heterocycles. The van der Waals surface area contributed by atoms with Gasteiger partial charge in [0.1, 0.15) is 76.3 Å². The van der Waals surface area contributed by atoms with Gasteiger partial charge in [0.05, 0.1) is 251 Å². The lowest BCUT2D eigenvalue weighted by molar-refractivity contribution is -0.161. The number of carboxylic acid groups (broad SMARTS) is 2. The normalized spacial score (nSPS) is 11.1. The first-order valence-electron chi connectivity index (χ1n) is 42.9. The van der Waals surface area contributed by atoms with Crippen LogP contribution in [0.5, 0.6) is 0 Å². The van der Waals surface area contributed by atoms with Crippen LogP contribution in [-0.4, -0.2) is 446 Å². The van der Waals surface area contributed by atoms with Crippen molar-refractivity contribution in [2.75, 3.05) is 310 Å². The Morgan fingerprint density at radius 3 is 0.627 bits per heavy atom. The number of nitrogens with zero attached hydrogens (tertiary/aromatic N) is 1. The number of ether oxygens (including phenoxy) is 24. The Kier molecular flexibility index (Phi) is 104. The highest BCUT2D eigenvalue weighted by molar-refractivity contribution is 7.50. The number of ketones is 2. The molecule has 58 nitrogen and oxygen atoms in total. The monoisotopic (exact) mass is 2180 g/mol. The van der Waals surface area contributed by atoms with Crippen LogP contribution in [0.3, 0.4) is 0 Å². The second-order valence-electron chi connectivity index (χ2n) is 27.3. The fourth-order valence-electron chi connectivity index (χ4n) is 7.63. The number of phosphoric acid groups is 4. The Hall–Kier alpha value is -6.83. The summed E-state index contributed by atoms with van der Waals surface area (Å²) in [6, 6.07) is 7.56. The highest BCUT2D eigenvalue weighted by Gasteiger charge is 2.34. The molecule has 0 amide bonds. The fraction of sp³-hybridized carbons (Fsp3) is 0.772. The maximum absolute atomic E-state index is 11.4. The van der Waals surface area contributed by atoms with E-state index in [4.69, 9.17) is 149 Å². The van der Waals surface area contributed by atoms with Gasteiger partial charge in [-0.3, -0.25) is 85.1 Å². The van der Waals surface area contributed by atoms with E-state index in [1.54, 1.807) is 0 Å². The van der Waals surface area contributed by atoms with Crippen molar-refractivity contribution in [3.05, 3.63) is 35.4 Å². The van der Waals surface area contributed by atoms with Crippen molar-refractivity contribution >= 4 is 110 Å². The van der Waals surface area contributed by atoms with Gasteiger partial charge < -0.3 is 173 Å². The smallest absolute Gasteiger partial charge is 0.469 e. The van der Waals surface area contributed by atoms with Crippen LogP contribution in [0.25, 0.3) is 0 Å². The molecule has 0 saturated carbocycles. The van der Waals surface area contributed by atoms with Crippen LogP contribution < -0.4 is 0 Å². The molecular formula is C79H148NO57P5. The average molecular weight is 2180 g/mol. The molecular weight excluding hydrogens is 2030 g/mol. The molecule has 0 atom stereocenters. The number of esters is 8. The SMILES string of the molecule is CC(=O)CC(=O)OCCOC(C)=O.CC(=O)OCCOC(=O)C(C)(C)C(C)=O.CC(=O)OCCOCCOCCOCCOCCOCCOCCOCCOCCOCCOP(=O)(O)O.CC(=O)OCCOCCOCCOCCOCCOCCOCCOCCOP(=O)(O)O.CC(=O)OCCOP(=O)(O)O.CC(=O)OCCOP(=O)(O)O.CP(=O)(O)O.Cc1ccc(CN(CC(=O)O)CC(=O)O)cc1. The first-order valence-corrected chi connectivity index (χ1v) is 51.0. The molecule has 1 aromatic rings. The minimum absolute atomic E-state index is 0.00824. The van der Waals surface area contributed by atoms with Crippen molar-refractivity contribution in [3.63, 3.8) is 0 Å². The number of phosphoric ester groups is 4. The number of Topliss-reactive ketones (excluding diaryl/α,β-unsaturated/α-hetero) is 2. The topological polar surface area (TPSA) is 795 Å². The van der Waals surface area contributed by atoms with Crippen LogP contribution in [0, 0.1) is 12.3 Å². The summed E-state index contributed by atoms with van der Waals surface area (Å²) < 4.78 is 188. The number of benzene rings is 1. The summed E-state index contributed by atoms with van der Waals surface area (Å²) in [4.78, 5) is 210. The lowest BCUT2D eigenvalue weighted by Gasteiger charge is -2.18. The van der Waals surface area contributed by atoms with E-state index >= 15 is 0 Å². The molecule has 1 rings (SSSR count). The van der Waals surface area contributed by atoms with Crippen LogP contribution in [0.4, 0.5) is 0 Å². The summed E-state index contributed by atoms with van der Waals surface area (Å²) >= 11 is 0. The number of aliphatic carboxylic acids is 2.